The maximum atomic E-state index is 4.45. The van der Waals surface area contributed by atoms with E-state index in [1.807, 2.05) is 31.6 Å². The Kier molecular flexibility index (Phi) is 1.61. The molecule has 1 aromatic rings. The Morgan fingerprint density at radius 2 is 2.42 bits per heavy atom. The minimum Gasteiger partial charge on any atom is -0.360 e. The summed E-state index contributed by atoms with van der Waals surface area (Å²) < 4.78 is -0.246. The van der Waals surface area contributed by atoms with E-state index in [0.29, 0.717) is 0 Å². The third-order valence-electron chi connectivity index (χ3n) is 1.80. The van der Waals surface area contributed by atoms with Crippen LogP contribution in [0.25, 0.3) is 12.3 Å². The minimum absolute atomic E-state index is 0.246. The molecule has 2 nitrogen and oxygen atoms in total. The average molecular weight is 178 g/mol. The van der Waals surface area contributed by atoms with Gasteiger partial charge in [0.05, 0.1) is 16.3 Å². The summed E-state index contributed by atoms with van der Waals surface area (Å²) >= 11 is 4.45. The number of H-pyrrole nitrogens is 1. The lowest BCUT2D eigenvalue weighted by molar-refractivity contribution is 1.17. The van der Waals surface area contributed by atoms with Crippen molar-refractivity contribution in [2.45, 2.75) is 11.7 Å². The zero-order chi connectivity index (χ0) is 8.60. The number of hydrogen-bond acceptors (Lipinski definition) is 2. The zero-order valence-corrected chi connectivity index (χ0v) is 7.68. The average Bonchev–Trinajstić information content (AvgIpc) is 2.31. The Morgan fingerprint density at radius 1 is 1.58 bits per heavy atom. The number of aromatic nitrogens is 1. The molecule has 0 amide bonds. The summed E-state index contributed by atoms with van der Waals surface area (Å²) in [6, 6.07) is 2.02. The van der Waals surface area contributed by atoms with Gasteiger partial charge in [0.1, 0.15) is 0 Å². The number of rotatable bonds is 0. The van der Waals surface area contributed by atoms with E-state index in [2.05, 4.69) is 28.7 Å². The molecule has 1 atom stereocenters. The molecule has 0 radical (unpaired) electrons. The second-order valence-corrected chi connectivity index (χ2v) is 4.09. The molecular weight excluding hydrogens is 168 g/mol. The first-order valence-electron chi connectivity index (χ1n) is 3.81. The monoisotopic (exact) mass is 178 g/mol. The van der Waals surface area contributed by atoms with E-state index < -0.39 is 0 Å². The summed E-state index contributed by atoms with van der Waals surface area (Å²) in [7, 11) is 0. The first-order valence-corrected chi connectivity index (χ1v) is 4.25. The molecule has 0 saturated carbocycles. The molecule has 0 aromatic carbocycles. The number of aliphatic imine (C=N–C) groups is 1. The first kappa shape index (κ1) is 7.68. The molecule has 1 aliphatic rings. The van der Waals surface area contributed by atoms with Gasteiger partial charge >= 0.3 is 0 Å². The predicted octanol–water partition coefficient (Wildman–Crippen LogP) is 0.306. The molecule has 2 heterocycles. The third kappa shape index (κ3) is 1.32. The van der Waals surface area contributed by atoms with Crippen LogP contribution in [0.1, 0.15) is 6.92 Å². The van der Waals surface area contributed by atoms with E-state index in [4.69, 9.17) is 0 Å². The number of aromatic amines is 1. The second-order valence-electron chi connectivity index (χ2n) is 3.12. The van der Waals surface area contributed by atoms with E-state index in [9.17, 15) is 0 Å². The summed E-state index contributed by atoms with van der Waals surface area (Å²) in [6.07, 6.45) is 7.62. The van der Waals surface area contributed by atoms with Crippen LogP contribution >= 0.6 is 12.6 Å². The standard InChI is InChI=1S/C9H10N2S/c1-9(12)4-7-2-3-11-8(7)5-10-6-9/h2-6,11-12H,1H3. The van der Waals surface area contributed by atoms with Crippen LogP contribution in [0.3, 0.4) is 0 Å². The molecule has 1 N–H and O–H groups in total. The summed E-state index contributed by atoms with van der Waals surface area (Å²) in [5, 5.41) is 2.20. The molecule has 12 heavy (non-hydrogen) atoms. The van der Waals surface area contributed by atoms with E-state index in [0.717, 1.165) is 10.6 Å². The van der Waals surface area contributed by atoms with Crippen molar-refractivity contribution in [3.63, 3.8) is 0 Å². The number of fused-ring (bicyclic) bond motifs is 1. The summed E-state index contributed by atoms with van der Waals surface area (Å²) in [5.74, 6) is 0. The quantitative estimate of drug-likeness (QED) is 0.535. The van der Waals surface area contributed by atoms with Gasteiger partial charge in [-0.05, 0) is 18.2 Å². The summed E-state index contributed by atoms with van der Waals surface area (Å²) in [6.45, 7) is 2.01. The van der Waals surface area contributed by atoms with Crippen molar-refractivity contribution in [1.29, 1.82) is 0 Å². The van der Waals surface area contributed by atoms with Gasteiger partial charge in [-0.3, -0.25) is 4.99 Å². The maximum Gasteiger partial charge on any atom is 0.0641 e. The van der Waals surface area contributed by atoms with Gasteiger partial charge in [-0.25, -0.2) is 0 Å². The van der Waals surface area contributed by atoms with Crippen molar-refractivity contribution in [1.82, 2.24) is 4.98 Å². The van der Waals surface area contributed by atoms with Crippen LogP contribution in [0, 0.1) is 0 Å². The van der Waals surface area contributed by atoms with Crippen molar-refractivity contribution >= 4 is 31.1 Å². The van der Waals surface area contributed by atoms with Gasteiger partial charge in [-0.2, -0.15) is 12.6 Å². The molecule has 0 bridgehead atoms. The highest BCUT2D eigenvalue weighted by Crippen LogP contribution is 2.12. The molecule has 1 unspecified atom stereocenters. The fraction of sp³-hybridized carbons (Fsp3) is 0.222. The Morgan fingerprint density at radius 3 is 3.25 bits per heavy atom. The second kappa shape index (κ2) is 2.52. The van der Waals surface area contributed by atoms with E-state index in [-0.39, 0.29) is 4.75 Å². The van der Waals surface area contributed by atoms with Gasteiger partial charge in [0.25, 0.3) is 0 Å². The molecule has 62 valence electrons. The summed E-state index contributed by atoms with van der Waals surface area (Å²) in [4.78, 5) is 7.25. The molecular formula is C9H10N2S. The lowest BCUT2D eigenvalue weighted by atomic mass is 10.1. The fourth-order valence-corrected chi connectivity index (χ4v) is 1.45. The van der Waals surface area contributed by atoms with Crippen LogP contribution in [0.2, 0.25) is 0 Å². The molecule has 2 rings (SSSR count). The Hall–Kier alpha value is -0.960. The molecule has 1 aromatic heterocycles. The lowest BCUT2D eigenvalue weighted by Gasteiger charge is -2.09. The van der Waals surface area contributed by atoms with Gasteiger partial charge in [0.2, 0.25) is 0 Å². The SMILES string of the molecule is CC1(S)C=NC=c2[nH]ccc2=C1. The molecule has 0 fully saturated rings. The van der Waals surface area contributed by atoms with Crippen molar-refractivity contribution in [2.24, 2.45) is 4.99 Å². The van der Waals surface area contributed by atoms with Gasteiger partial charge in [-0.1, -0.05) is 6.08 Å². The largest absolute Gasteiger partial charge is 0.360 e. The molecule has 0 spiro atoms. The molecule has 0 aliphatic carbocycles. The Labute approximate surface area is 76.1 Å². The van der Waals surface area contributed by atoms with Crippen LogP contribution in [-0.4, -0.2) is 15.9 Å². The van der Waals surface area contributed by atoms with Gasteiger partial charge < -0.3 is 4.98 Å². The predicted molar refractivity (Wildman–Crippen MR) is 54.9 cm³/mol. The number of nitrogens with one attached hydrogen (secondary N) is 1. The molecule has 0 saturated heterocycles. The van der Waals surface area contributed by atoms with Crippen LogP contribution in [0.15, 0.2) is 17.3 Å². The number of thiol groups is 1. The van der Waals surface area contributed by atoms with E-state index >= 15 is 0 Å². The Balaban J connectivity index is 2.75. The third-order valence-corrected chi connectivity index (χ3v) is 2.04. The van der Waals surface area contributed by atoms with Crippen molar-refractivity contribution in [3.8, 4) is 0 Å². The van der Waals surface area contributed by atoms with Crippen LogP contribution in [0.5, 0.6) is 0 Å². The van der Waals surface area contributed by atoms with Gasteiger partial charge in [0.15, 0.2) is 0 Å². The van der Waals surface area contributed by atoms with Gasteiger partial charge in [-0.15, -0.1) is 0 Å². The fourth-order valence-electron chi connectivity index (χ4n) is 1.25. The van der Waals surface area contributed by atoms with Crippen LogP contribution < -0.4 is 10.6 Å². The van der Waals surface area contributed by atoms with Crippen LogP contribution in [0.4, 0.5) is 0 Å². The first-order chi connectivity index (χ1) is 5.67. The lowest BCUT2D eigenvalue weighted by Crippen LogP contribution is -2.25. The highest BCUT2D eigenvalue weighted by atomic mass is 32.1. The summed E-state index contributed by atoms with van der Waals surface area (Å²) in [5.41, 5.74) is 0. The van der Waals surface area contributed by atoms with Crippen molar-refractivity contribution < 1.29 is 0 Å². The van der Waals surface area contributed by atoms with E-state index in [1.54, 1.807) is 0 Å². The maximum absolute atomic E-state index is 4.45. The number of hydrogen-bond donors (Lipinski definition) is 2. The highest BCUT2D eigenvalue weighted by Gasteiger charge is 2.12. The van der Waals surface area contributed by atoms with Crippen molar-refractivity contribution in [2.75, 3.05) is 0 Å². The topological polar surface area (TPSA) is 28.1 Å². The van der Waals surface area contributed by atoms with Gasteiger partial charge in [0, 0.05) is 12.4 Å². The van der Waals surface area contributed by atoms with Crippen LogP contribution in [-0.2, 0) is 0 Å². The van der Waals surface area contributed by atoms with E-state index in [1.165, 1.54) is 0 Å². The molecule has 1 aliphatic heterocycles. The zero-order valence-electron chi connectivity index (χ0n) is 6.78. The Bertz CT molecular complexity index is 426. The van der Waals surface area contributed by atoms with Crippen molar-refractivity contribution in [3.05, 3.63) is 22.8 Å². The highest BCUT2D eigenvalue weighted by molar-refractivity contribution is 7.83. The smallest absolute Gasteiger partial charge is 0.0641 e. The normalized spacial score (nSPS) is 26.8. The number of nitrogens with zero attached hydrogens (tertiary/aromatic N) is 1. The molecule has 3 heteroatoms. The minimum atomic E-state index is -0.246.